The maximum atomic E-state index is 11.8. The van der Waals surface area contributed by atoms with E-state index in [-0.39, 0.29) is 0 Å². The molecule has 0 heterocycles. The standard InChI is InChI=1S/C13H17IN2O3/c1-13(2,3)19-12(18)10(15)11(17)16-9-6-4-8(14)5-7-9/h4-7,10H,15H2,1-3H3,(H,16,17). The van der Waals surface area contributed by atoms with Gasteiger partial charge < -0.3 is 15.8 Å². The number of esters is 1. The minimum Gasteiger partial charge on any atom is -0.458 e. The number of carbonyl (C=O) groups is 2. The van der Waals surface area contributed by atoms with E-state index in [0.717, 1.165) is 3.57 Å². The number of hydrogen-bond donors (Lipinski definition) is 2. The first kappa shape index (κ1) is 15.9. The van der Waals surface area contributed by atoms with Gasteiger partial charge in [0.15, 0.2) is 6.04 Å². The minimum absolute atomic E-state index is 0.587. The molecule has 1 rings (SSSR count). The van der Waals surface area contributed by atoms with E-state index in [1.54, 1.807) is 32.9 Å². The van der Waals surface area contributed by atoms with Crippen molar-refractivity contribution in [3.63, 3.8) is 0 Å². The smallest absolute Gasteiger partial charge is 0.333 e. The zero-order valence-electron chi connectivity index (χ0n) is 11.1. The van der Waals surface area contributed by atoms with Crippen LogP contribution >= 0.6 is 22.6 Å². The third-order valence-corrected chi connectivity index (χ3v) is 2.77. The number of carbonyl (C=O) groups excluding carboxylic acids is 2. The predicted octanol–water partition coefficient (Wildman–Crippen LogP) is 1.90. The van der Waals surface area contributed by atoms with Crippen LogP contribution < -0.4 is 11.1 Å². The van der Waals surface area contributed by atoms with E-state index in [0.29, 0.717) is 5.69 Å². The maximum Gasteiger partial charge on any atom is 0.333 e. The van der Waals surface area contributed by atoms with Crippen LogP contribution in [0.2, 0.25) is 0 Å². The van der Waals surface area contributed by atoms with Crippen molar-refractivity contribution < 1.29 is 14.3 Å². The quantitative estimate of drug-likeness (QED) is 0.480. The summed E-state index contributed by atoms with van der Waals surface area (Å²) in [7, 11) is 0. The van der Waals surface area contributed by atoms with Gasteiger partial charge in [-0.2, -0.15) is 0 Å². The molecule has 0 aromatic heterocycles. The van der Waals surface area contributed by atoms with Gasteiger partial charge in [0.2, 0.25) is 0 Å². The summed E-state index contributed by atoms with van der Waals surface area (Å²) in [6, 6.07) is 5.83. The Kier molecular flexibility index (Phi) is 5.30. The summed E-state index contributed by atoms with van der Waals surface area (Å²) in [5, 5.41) is 2.57. The van der Waals surface area contributed by atoms with E-state index in [9.17, 15) is 9.59 Å². The average molecular weight is 376 g/mol. The van der Waals surface area contributed by atoms with Gasteiger partial charge in [-0.05, 0) is 67.6 Å². The van der Waals surface area contributed by atoms with Crippen molar-refractivity contribution in [2.45, 2.75) is 32.4 Å². The molecule has 0 aliphatic heterocycles. The van der Waals surface area contributed by atoms with E-state index in [1.807, 2.05) is 12.1 Å². The Balaban J connectivity index is 2.62. The largest absolute Gasteiger partial charge is 0.458 e. The van der Waals surface area contributed by atoms with Gasteiger partial charge in [-0.3, -0.25) is 4.79 Å². The number of nitrogens with one attached hydrogen (secondary N) is 1. The Bertz CT molecular complexity index is 466. The van der Waals surface area contributed by atoms with Gasteiger partial charge in [-0.25, -0.2) is 4.79 Å². The van der Waals surface area contributed by atoms with Gasteiger partial charge in [0.25, 0.3) is 5.91 Å². The molecule has 6 heteroatoms. The van der Waals surface area contributed by atoms with Crippen LogP contribution in [0.5, 0.6) is 0 Å². The Morgan fingerprint density at radius 1 is 1.26 bits per heavy atom. The Morgan fingerprint density at radius 2 is 1.79 bits per heavy atom. The molecule has 3 N–H and O–H groups in total. The summed E-state index contributed by atoms with van der Waals surface area (Å²) in [6.45, 7) is 5.15. The number of anilines is 1. The molecule has 1 aromatic rings. The van der Waals surface area contributed by atoms with Gasteiger partial charge in [-0.15, -0.1) is 0 Å². The van der Waals surface area contributed by atoms with E-state index in [2.05, 4.69) is 27.9 Å². The maximum absolute atomic E-state index is 11.8. The van der Waals surface area contributed by atoms with E-state index in [4.69, 9.17) is 10.5 Å². The van der Waals surface area contributed by atoms with Crippen LogP contribution in [0, 0.1) is 3.57 Å². The predicted molar refractivity (Wildman–Crippen MR) is 81.6 cm³/mol. The highest BCUT2D eigenvalue weighted by atomic mass is 127. The molecule has 0 aliphatic rings. The minimum atomic E-state index is -1.33. The summed E-state index contributed by atoms with van der Waals surface area (Å²) in [4.78, 5) is 23.4. The van der Waals surface area contributed by atoms with Crippen LogP contribution in [0.15, 0.2) is 24.3 Å². The monoisotopic (exact) mass is 376 g/mol. The van der Waals surface area contributed by atoms with Crippen LogP contribution in [0.25, 0.3) is 0 Å². The first-order chi connectivity index (χ1) is 8.69. The highest BCUT2D eigenvalue weighted by molar-refractivity contribution is 14.1. The number of amides is 1. The lowest BCUT2D eigenvalue weighted by atomic mass is 10.2. The lowest BCUT2D eigenvalue weighted by Crippen LogP contribution is -2.45. The third-order valence-electron chi connectivity index (χ3n) is 2.05. The van der Waals surface area contributed by atoms with Crippen LogP contribution in [-0.2, 0) is 14.3 Å². The third kappa shape index (κ3) is 5.56. The van der Waals surface area contributed by atoms with Gasteiger partial charge in [0.1, 0.15) is 5.60 Å². The van der Waals surface area contributed by atoms with Crippen molar-refractivity contribution in [2.75, 3.05) is 5.32 Å². The molecule has 104 valence electrons. The van der Waals surface area contributed by atoms with Gasteiger partial charge in [0.05, 0.1) is 0 Å². The van der Waals surface area contributed by atoms with Crippen LogP contribution in [0.4, 0.5) is 5.69 Å². The van der Waals surface area contributed by atoms with Gasteiger partial charge >= 0.3 is 5.97 Å². The topological polar surface area (TPSA) is 81.4 Å². The van der Waals surface area contributed by atoms with Gasteiger partial charge in [0, 0.05) is 9.26 Å². The second kappa shape index (κ2) is 6.33. The summed E-state index contributed by atoms with van der Waals surface area (Å²) in [6.07, 6.45) is 0. The fraction of sp³-hybridized carbons (Fsp3) is 0.385. The molecule has 0 radical (unpaired) electrons. The number of nitrogens with two attached hydrogens (primary N) is 1. The molecule has 5 nitrogen and oxygen atoms in total. The highest BCUT2D eigenvalue weighted by Gasteiger charge is 2.27. The fourth-order valence-corrected chi connectivity index (χ4v) is 1.59. The first-order valence-electron chi connectivity index (χ1n) is 5.74. The Hall–Kier alpha value is -1.15. The number of rotatable bonds is 3. The average Bonchev–Trinajstić information content (AvgIpc) is 2.28. The van der Waals surface area contributed by atoms with Crippen LogP contribution in [0.1, 0.15) is 20.8 Å². The van der Waals surface area contributed by atoms with Crippen LogP contribution in [0.3, 0.4) is 0 Å². The second-order valence-electron chi connectivity index (χ2n) is 5.01. The molecule has 0 spiro atoms. The zero-order valence-corrected chi connectivity index (χ0v) is 13.2. The summed E-state index contributed by atoms with van der Waals surface area (Å²) < 4.78 is 6.10. The van der Waals surface area contributed by atoms with Crippen molar-refractivity contribution in [1.29, 1.82) is 0 Å². The van der Waals surface area contributed by atoms with Crippen molar-refractivity contribution in [2.24, 2.45) is 5.73 Å². The molecule has 0 saturated carbocycles. The normalized spacial score (nSPS) is 12.7. The SMILES string of the molecule is CC(C)(C)OC(=O)C(N)C(=O)Nc1ccc(I)cc1. The summed E-state index contributed by atoms with van der Waals surface area (Å²) in [5.74, 6) is -1.33. The zero-order chi connectivity index (χ0) is 14.6. The summed E-state index contributed by atoms with van der Waals surface area (Å²) in [5.41, 5.74) is 5.48. The first-order valence-corrected chi connectivity index (χ1v) is 6.82. The Labute approximate surface area is 126 Å². The van der Waals surface area contributed by atoms with Crippen LogP contribution in [-0.4, -0.2) is 23.5 Å². The van der Waals surface area contributed by atoms with Crippen molar-refractivity contribution in [3.8, 4) is 0 Å². The molecule has 0 bridgehead atoms. The van der Waals surface area contributed by atoms with Crippen molar-refractivity contribution in [3.05, 3.63) is 27.8 Å². The molecule has 0 aliphatic carbocycles. The van der Waals surface area contributed by atoms with Crippen molar-refractivity contribution >= 4 is 40.2 Å². The number of hydrogen-bond acceptors (Lipinski definition) is 4. The molecule has 19 heavy (non-hydrogen) atoms. The lowest BCUT2D eigenvalue weighted by Gasteiger charge is -2.21. The molecular formula is C13H17IN2O3. The molecule has 1 atom stereocenters. The Morgan fingerprint density at radius 3 is 2.26 bits per heavy atom. The molecule has 0 saturated heterocycles. The van der Waals surface area contributed by atoms with E-state index >= 15 is 0 Å². The number of halogens is 1. The van der Waals surface area contributed by atoms with Crippen molar-refractivity contribution in [1.82, 2.24) is 0 Å². The number of ether oxygens (including phenoxy) is 1. The fourth-order valence-electron chi connectivity index (χ4n) is 1.23. The molecule has 1 amide bonds. The van der Waals surface area contributed by atoms with E-state index in [1.165, 1.54) is 0 Å². The lowest BCUT2D eigenvalue weighted by molar-refractivity contribution is -0.157. The molecule has 1 aromatic carbocycles. The molecule has 0 fully saturated rings. The number of benzene rings is 1. The highest BCUT2D eigenvalue weighted by Crippen LogP contribution is 2.12. The second-order valence-corrected chi connectivity index (χ2v) is 6.25. The molecule has 1 unspecified atom stereocenters. The molecular weight excluding hydrogens is 359 g/mol. The van der Waals surface area contributed by atoms with E-state index < -0.39 is 23.5 Å². The summed E-state index contributed by atoms with van der Waals surface area (Å²) >= 11 is 2.16. The van der Waals surface area contributed by atoms with Gasteiger partial charge in [-0.1, -0.05) is 0 Å².